The number of halogens is 1. The maximum absolute atomic E-state index is 12.9. The Morgan fingerprint density at radius 3 is 2.62 bits per heavy atom. The molecule has 0 aliphatic carbocycles. The molecule has 0 atom stereocenters. The Hall–Kier alpha value is -1.98. The zero-order valence-electron chi connectivity index (χ0n) is 15.5. The Balaban J connectivity index is 1.66. The third-order valence-electron chi connectivity index (χ3n) is 4.17. The van der Waals surface area contributed by atoms with Crippen molar-refractivity contribution >= 4 is 50.5 Å². The molecule has 2 aromatic rings. The molecule has 156 valence electrons. The van der Waals surface area contributed by atoms with Crippen LogP contribution in [-0.4, -0.2) is 57.5 Å². The van der Waals surface area contributed by atoms with Crippen LogP contribution in [0.3, 0.4) is 0 Å². The first kappa shape index (κ1) is 21.7. The molecule has 0 bridgehead atoms. The number of hydrogen-bond donors (Lipinski definition) is 1. The number of sulfonamides is 1. The molecule has 1 saturated heterocycles. The number of nitrogens with zero attached hydrogens (tertiary/aromatic N) is 1. The highest BCUT2D eigenvalue weighted by molar-refractivity contribution is 7.89. The summed E-state index contributed by atoms with van der Waals surface area (Å²) in [6.45, 7) is 2.42. The van der Waals surface area contributed by atoms with Crippen LogP contribution >= 0.6 is 22.9 Å². The van der Waals surface area contributed by atoms with Gasteiger partial charge in [-0.15, -0.1) is 11.3 Å². The second-order valence-electron chi connectivity index (χ2n) is 6.22. The van der Waals surface area contributed by atoms with Gasteiger partial charge in [-0.3, -0.25) is 4.79 Å². The van der Waals surface area contributed by atoms with Gasteiger partial charge in [-0.25, -0.2) is 13.2 Å². The van der Waals surface area contributed by atoms with E-state index in [1.165, 1.54) is 16.4 Å². The molecule has 1 amide bonds. The lowest BCUT2D eigenvalue weighted by Gasteiger charge is -2.26. The molecule has 0 spiro atoms. The molecule has 0 unspecified atom stereocenters. The zero-order chi connectivity index (χ0) is 21.0. The number of rotatable bonds is 6. The average molecular weight is 459 g/mol. The van der Waals surface area contributed by atoms with Crippen LogP contribution in [0.4, 0.5) is 5.69 Å². The van der Waals surface area contributed by atoms with E-state index in [0.717, 1.165) is 11.3 Å². The predicted octanol–water partition coefficient (Wildman–Crippen LogP) is 2.53. The maximum atomic E-state index is 12.9. The lowest BCUT2D eigenvalue weighted by atomic mass is 10.2. The largest absolute Gasteiger partial charge is 0.451 e. The number of carbonyl (C=O) groups is 2. The summed E-state index contributed by atoms with van der Waals surface area (Å²) in [4.78, 5) is 24.4. The number of benzene rings is 1. The third-order valence-corrected chi connectivity index (χ3v) is 7.42. The second-order valence-corrected chi connectivity index (χ2v) is 9.85. The van der Waals surface area contributed by atoms with Crippen molar-refractivity contribution in [1.29, 1.82) is 0 Å². The van der Waals surface area contributed by atoms with Gasteiger partial charge in [-0.05, 0) is 36.8 Å². The summed E-state index contributed by atoms with van der Waals surface area (Å²) >= 11 is 6.82. The van der Waals surface area contributed by atoms with Crippen LogP contribution in [0.15, 0.2) is 35.2 Å². The van der Waals surface area contributed by atoms with Crippen LogP contribution in [0, 0.1) is 6.92 Å². The molecule has 2 heterocycles. The molecule has 3 rings (SSSR count). The first-order valence-electron chi connectivity index (χ1n) is 8.68. The Labute approximate surface area is 177 Å². The van der Waals surface area contributed by atoms with Gasteiger partial charge in [0.05, 0.1) is 22.4 Å². The van der Waals surface area contributed by atoms with Crippen LogP contribution in [0.1, 0.15) is 15.2 Å². The van der Waals surface area contributed by atoms with Crippen molar-refractivity contribution < 1.29 is 27.5 Å². The summed E-state index contributed by atoms with van der Waals surface area (Å²) < 4.78 is 37.8. The second kappa shape index (κ2) is 9.23. The summed E-state index contributed by atoms with van der Waals surface area (Å²) in [5, 5.41) is 2.55. The van der Waals surface area contributed by atoms with Gasteiger partial charge in [-0.1, -0.05) is 17.7 Å². The summed E-state index contributed by atoms with van der Waals surface area (Å²) in [6.07, 6.45) is 0. The molecule has 8 nitrogen and oxygen atoms in total. The minimum atomic E-state index is -3.70. The summed E-state index contributed by atoms with van der Waals surface area (Å²) in [6, 6.07) is 7.68. The SMILES string of the molecule is Cc1ccc(NC(=O)COC(=O)c2ccc(Cl)s2)cc1S(=O)(=O)N1CCOCC1. The van der Waals surface area contributed by atoms with Gasteiger partial charge in [0.25, 0.3) is 5.91 Å². The van der Waals surface area contributed by atoms with Gasteiger partial charge in [0.15, 0.2) is 6.61 Å². The van der Waals surface area contributed by atoms with Crippen molar-refractivity contribution in [3.63, 3.8) is 0 Å². The number of morpholine rings is 1. The highest BCUT2D eigenvalue weighted by Crippen LogP contribution is 2.25. The third kappa shape index (κ3) is 5.34. The molecular weight excluding hydrogens is 440 g/mol. The molecule has 1 aromatic carbocycles. The number of ether oxygens (including phenoxy) is 2. The number of amides is 1. The van der Waals surface area contributed by atoms with Crippen LogP contribution in [0.25, 0.3) is 0 Å². The number of esters is 1. The number of hydrogen-bond acceptors (Lipinski definition) is 7. The van der Waals surface area contributed by atoms with Crippen LogP contribution < -0.4 is 5.32 Å². The molecule has 1 N–H and O–H groups in total. The van der Waals surface area contributed by atoms with Gasteiger partial charge in [0.2, 0.25) is 10.0 Å². The van der Waals surface area contributed by atoms with E-state index in [4.69, 9.17) is 21.1 Å². The van der Waals surface area contributed by atoms with Gasteiger partial charge < -0.3 is 14.8 Å². The Morgan fingerprint density at radius 2 is 1.97 bits per heavy atom. The molecule has 0 saturated carbocycles. The Morgan fingerprint density at radius 1 is 1.24 bits per heavy atom. The molecule has 1 fully saturated rings. The highest BCUT2D eigenvalue weighted by atomic mass is 35.5. The van der Waals surface area contributed by atoms with E-state index in [1.54, 1.807) is 25.1 Å². The van der Waals surface area contributed by atoms with Crippen molar-refractivity contribution in [2.75, 3.05) is 38.2 Å². The number of anilines is 1. The molecule has 29 heavy (non-hydrogen) atoms. The Kier molecular flexibility index (Phi) is 6.91. The maximum Gasteiger partial charge on any atom is 0.348 e. The van der Waals surface area contributed by atoms with E-state index in [1.807, 2.05) is 0 Å². The molecular formula is C18H19ClN2O6S2. The zero-order valence-corrected chi connectivity index (χ0v) is 17.9. The van der Waals surface area contributed by atoms with Gasteiger partial charge in [-0.2, -0.15) is 4.31 Å². The summed E-state index contributed by atoms with van der Waals surface area (Å²) in [5.41, 5.74) is 0.859. The standard InChI is InChI=1S/C18H19ClN2O6S2/c1-12-2-3-13(10-15(12)29(24,25)21-6-8-26-9-7-21)20-17(22)11-27-18(23)14-4-5-16(19)28-14/h2-5,10H,6-9,11H2,1H3,(H,20,22). The predicted molar refractivity (Wildman–Crippen MR) is 109 cm³/mol. The molecule has 11 heteroatoms. The fourth-order valence-corrected chi connectivity index (χ4v) is 5.30. The topological polar surface area (TPSA) is 102 Å². The van der Waals surface area contributed by atoms with E-state index in [9.17, 15) is 18.0 Å². The van der Waals surface area contributed by atoms with Crippen molar-refractivity contribution in [3.05, 3.63) is 45.1 Å². The van der Waals surface area contributed by atoms with E-state index >= 15 is 0 Å². The summed E-state index contributed by atoms with van der Waals surface area (Å²) in [7, 11) is -3.70. The van der Waals surface area contributed by atoms with E-state index in [2.05, 4.69) is 5.32 Å². The Bertz CT molecular complexity index is 1020. The molecule has 1 aromatic heterocycles. The number of nitrogens with one attached hydrogen (secondary N) is 1. The lowest BCUT2D eigenvalue weighted by molar-refractivity contribution is -0.119. The van der Waals surface area contributed by atoms with Gasteiger partial charge in [0.1, 0.15) is 4.88 Å². The smallest absolute Gasteiger partial charge is 0.348 e. The monoisotopic (exact) mass is 458 g/mol. The van der Waals surface area contributed by atoms with E-state index in [0.29, 0.717) is 28.8 Å². The number of aryl methyl sites for hydroxylation is 1. The molecule has 1 aliphatic heterocycles. The minimum Gasteiger partial charge on any atom is -0.451 e. The van der Waals surface area contributed by atoms with E-state index < -0.39 is 28.5 Å². The van der Waals surface area contributed by atoms with E-state index in [-0.39, 0.29) is 22.9 Å². The number of carbonyl (C=O) groups excluding carboxylic acids is 2. The summed E-state index contributed by atoms with van der Waals surface area (Å²) in [5.74, 6) is -1.24. The highest BCUT2D eigenvalue weighted by Gasteiger charge is 2.28. The van der Waals surface area contributed by atoms with Gasteiger partial charge >= 0.3 is 5.97 Å². The van der Waals surface area contributed by atoms with Crippen LogP contribution in [0.2, 0.25) is 4.34 Å². The van der Waals surface area contributed by atoms with Crippen LogP contribution in [-0.2, 0) is 24.3 Å². The number of thiophene rings is 1. The lowest BCUT2D eigenvalue weighted by Crippen LogP contribution is -2.40. The first-order chi connectivity index (χ1) is 13.8. The van der Waals surface area contributed by atoms with Crippen molar-refractivity contribution in [1.82, 2.24) is 4.31 Å². The molecule has 1 aliphatic rings. The molecule has 0 radical (unpaired) electrons. The fourth-order valence-electron chi connectivity index (χ4n) is 2.71. The average Bonchev–Trinajstić information content (AvgIpc) is 3.14. The van der Waals surface area contributed by atoms with Crippen LogP contribution in [0.5, 0.6) is 0 Å². The fraction of sp³-hybridized carbons (Fsp3) is 0.333. The normalized spacial score (nSPS) is 15.1. The first-order valence-corrected chi connectivity index (χ1v) is 11.3. The minimum absolute atomic E-state index is 0.113. The van der Waals surface area contributed by atoms with Crippen molar-refractivity contribution in [2.45, 2.75) is 11.8 Å². The van der Waals surface area contributed by atoms with Crippen molar-refractivity contribution in [2.24, 2.45) is 0 Å². The quantitative estimate of drug-likeness (QED) is 0.667. The van der Waals surface area contributed by atoms with Gasteiger partial charge in [0, 0.05) is 18.8 Å². The van der Waals surface area contributed by atoms with Crippen molar-refractivity contribution in [3.8, 4) is 0 Å².